The van der Waals surface area contributed by atoms with Crippen molar-refractivity contribution in [3.63, 3.8) is 0 Å². The molecule has 0 saturated heterocycles. The van der Waals surface area contributed by atoms with E-state index in [2.05, 4.69) is 16.7 Å². The molecule has 0 heterocycles. The third-order valence-corrected chi connectivity index (χ3v) is 2.38. The SMILES string of the molecule is CC(C)(C)NC(=O)CNc1ccc(N)c(CC#N)c1. The van der Waals surface area contributed by atoms with Crippen LogP contribution >= 0.6 is 0 Å². The van der Waals surface area contributed by atoms with Crippen molar-refractivity contribution in [3.05, 3.63) is 23.8 Å². The smallest absolute Gasteiger partial charge is 0.239 e. The molecule has 0 spiro atoms. The summed E-state index contributed by atoms with van der Waals surface area (Å²) in [5.74, 6) is -0.0776. The summed E-state index contributed by atoms with van der Waals surface area (Å²) >= 11 is 0. The van der Waals surface area contributed by atoms with E-state index in [0.29, 0.717) is 5.69 Å². The quantitative estimate of drug-likeness (QED) is 0.718. The number of nitriles is 1. The molecule has 0 fully saturated rings. The van der Waals surface area contributed by atoms with Gasteiger partial charge < -0.3 is 16.4 Å². The van der Waals surface area contributed by atoms with E-state index in [4.69, 9.17) is 11.0 Å². The van der Waals surface area contributed by atoms with Gasteiger partial charge in [0.25, 0.3) is 0 Å². The van der Waals surface area contributed by atoms with E-state index in [1.54, 1.807) is 18.2 Å². The minimum absolute atomic E-state index is 0.0776. The fraction of sp³-hybridized carbons (Fsp3) is 0.429. The first-order valence-corrected chi connectivity index (χ1v) is 6.12. The molecule has 1 rings (SSSR count). The molecular weight excluding hydrogens is 240 g/mol. The van der Waals surface area contributed by atoms with E-state index in [1.165, 1.54) is 0 Å². The Kier molecular flexibility index (Phi) is 4.76. The number of nitrogens with zero attached hydrogens (tertiary/aromatic N) is 1. The van der Waals surface area contributed by atoms with E-state index in [9.17, 15) is 4.79 Å². The zero-order valence-corrected chi connectivity index (χ0v) is 11.6. The van der Waals surface area contributed by atoms with Crippen LogP contribution in [0.25, 0.3) is 0 Å². The Hall–Kier alpha value is -2.22. The number of nitrogen functional groups attached to an aromatic ring is 1. The normalized spacial score (nSPS) is 10.6. The first-order chi connectivity index (χ1) is 8.81. The van der Waals surface area contributed by atoms with Crippen LogP contribution in [0.1, 0.15) is 26.3 Å². The molecule has 0 aliphatic rings. The number of rotatable bonds is 4. The van der Waals surface area contributed by atoms with Crippen LogP contribution in [0.3, 0.4) is 0 Å². The molecule has 0 unspecified atom stereocenters. The van der Waals surface area contributed by atoms with E-state index in [-0.39, 0.29) is 24.4 Å². The number of nitrogens with two attached hydrogens (primary N) is 1. The highest BCUT2D eigenvalue weighted by atomic mass is 16.2. The Morgan fingerprint density at radius 3 is 2.68 bits per heavy atom. The third kappa shape index (κ3) is 5.30. The first-order valence-electron chi connectivity index (χ1n) is 6.12. The molecular formula is C14H20N4O. The van der Waals surface area contributed by atoms with Crippen molar-refractivity contribution in [2.75, 3.05) is 17.6 Å². The topological polar surface area (TPSA) is 90.9 Å². The maximum Gasteiger partial charge on any atom is 0.239 e. The van der Waals surface area contributed by atoms with Gasteiger partial charge in [0.05, 0.1) is 19.0 Å². The lowest BCUT2D eigenvalue weighted by atomic mass is 10.1. The maximum absolute atomic E-state index is 11.7. The number of carbonyl (C=O) groups is 1. The Bertz CT molecular complexity index is 497. The molecule has 5 heteroatoms. The molecule has 0 aliphatic heterocycles. The van der Waals surface area contributed by atoms with Gasteiger partial charge in [-0.15, -0.1) is 0 Å². The standard InChI is InChI=1S/C14H20N4O/c1-14(2,3)18-13(19)9-17-11-4-5-12(16)10(8-11)6-7-15/h4-5,8,17H,6,9,16H2,1-3H3,(H,18,19). The lowest BCUT2D eigenvalue weighted by Crippen LogP contribution is -2.43. The lowest BCUT2D eigenvalue weighted by molar-refractivity contribution is -0.120. The van der Waals surface area contributed by atoms with E-state index in [0.717, 1.165) is 11.3 Å². The molecule has 0 aliphatic carbocycles. The van der Waals surface area contributed by atoms with Gasteiger partial charge in [-0.25, -0.2) is 0 Å². The predicted molar refractivity (Wildman–Crippen MR) is 76.6 cm³/mol. The van der Waals surface area contributed by atoms with Crippen molar-refractivity contribution in [2.45, 2.75) is 32.7 Å². The van der Waals surface area contributed by atoms with E-state index in [1.807, 2.05) is 20.8 Å². The van der Waals surface area contributed by atoms with Crippen LogP contribution in [0.5, 0.6) is 0 Å². The zero-order valence-electron chi connectivity index (χ0n) is 11.6. The van der Waals surface area contributed by atoms with E-state index < -0.39 is 0 Å². The van der Waals surface area contributed by atoms with Gasteiger partial charge in [-0.05, 0) is 44.5 Å². The lowest BCUT2D eigenvalue weighted by Gasteiger charge is -2.20. The number of carbonyl (C=O) groups excluding carboxylic acids is 1. The molecule has 0 radical (unpaired) electrons. The van der Waals surface area contributed by atoms with Crippen molar-refractivity contribution in [3.8, 4) is 6.07 Å². The minimum atomic E-state index is -0.244. The van der Waals surface area contributed by atoms with Crippen molar-refractivity contribution in [1.29, 1.82) is 5.26 Å². The Morgan fingerprint density at radius 1 is 1.42 bits per heavy atom. The van der Waals surface area contributed by atoms with Gasteiger partial charge >= 0.3 is 0 Å². The fourth-order valence-corrected chi connectivity index (χ4v) is 1.60. The number of benzene rings is 1. The molecule has 0 aromatic heterocycles. The summed E-state index contributed by atoms with van der Waals surface area (Å²) in [7, 11) is 0. The monoisotopic (exact) mass is 260 g/mol. The molecule has 0 bridgehead atoms. The number of hydrogen-bond acceptors (Lipinski definition) is 4. The third-order valence-electron chi connectivity index (χ3n) is 2.38. The number of nitrogens with one attached hydrogen (secondary N) is 2. The number of hydrogen-bond donors (Lipinski definition) is 3. The van der Waals surface area contributed by atoms with E-state index >= 15 is 0 Å². The van der Waals surface area contributed by atoms with Gasteiger partial charge in [0, 0.05) is 16.9 Å². The largest absolute Gasteiger partial charge is 0.398 e. The molecule has 4 N–H and O–H groups in total. The second-order valence-corrected chi connectivity index (χ2v) is 5.40. The van der Waals surface area contributed by atoms with Gasteiger partial charge in [0.15, 0.2) is 0 Å². The molecule has 1 aromatic rings. The van der Waals surface area contributed by atoms with Gasteiger partial charge in [0.2, 0.25) is 5.91 Å². The Morgan fingerprint density at radius 2 is 2.11 bits per heavy atom. The highest BCUT2D eigenvalue weighted by molar-refractivity contribution is 5.81. The summed E-state index contributed by atoms with van der Waals surface area (Å²) in [6.07, 6.45) is 0.259. The summed E-state index contributed by atoms with van der Waals surface area (Å²) in [6.45, 7) is 5.98. The van der Waals surface area contributed by atoms with Crippen LogP contribution in [-0.4, -0.2) is 18.0 Å². The number of amides is 1. The number of anilines is 2. The highest BCUT2D eigenvalue weighted by Crippen LogP contribution is 2.18. The van der Waals surface area contributed by atoms with Crippen LogP contribution in [0.4, 0.5) is 11.4 Å². The fourth-order valence-electron chi connectivity index (χ4n) is 1.60. The molecule has 0 atom stereocenters. The van der Waals surface area contributed by atoms with Crippen LogP contribution in [-0.2, 0) is 11.2 Å². The zero-order chi connectivity index (χ0) is 14.5. The van der Waals surface area contributed by atoms with Crippen molar-refractivity contribution in [2.24, 2.45) is 0 Å². The maximum atomic E-state index is 11.7. The minimum Gasteiger partial charge on any atom is -0.398 e. The Labute approximate surface area is 113 Å². The molecule has 0 saturated carbocycles. The molecule has 1 aromatic carbocycles. The summed E-state index contributed by atoms with van der Waals surface area (Å²) in [5, 5.41) is 14.6. The summed E-state index contributed by atoms with van der Waals surface area (Å²) in [6, 6.07) is 7.38. The van der Waals surface area contributed by atoms with Gasteiger partial charge in [0.1, 0.15) is 0 Å². The van der Waals surface area contributed by atoms with Crippen molar-refractivity contribution in [1.82, 2.24) is 5.32 Å². The van der Waals surface area contributed by atoms with Crippen LogP contribution < -0.4 is 16.4 Å². The van der Waals surface area contributed by atoms with Gasteiger partial charge in [-0.1, -0.05) is 0 Å². The Balaban J connectivity index is 2.61. The average molecular weight is 260 g/mol. The summed E-state index contributed by atoms with van der Waals surface area (Å²) in [5.41, 5.74) is 7.65. The second-order valence-electron chi connectivity index (χ2n) is 5.40. The molecule has 1 amide bonds. The van der Waals surface area contributed by atoms with Gasteiger partial charge in [-0.2, -0.15) is 5.26 Å². The summed E-state index contributed by atoms with van der Waals surface area (Å²) < 4.78 is 0. The van der Waals surface area contributed by atoms with Gasteiger partial charge in [-0.3, -0.25) is 4.79 Å². The molecule has 102 valence electrons. The highest BCUT2D eigenvalue weighted by Gasteiger charge is 2.13. The first kappa shape index (κ1) is 14.8. The van der Waals surface area contributed by atoms with Crippen LogP contribution in [0.15, 0.2) is 18.2 Å². The van der Waals surface area contributed by atoms with Crippen molar-refractivity contribution < 1.29 is 4.79 Å². The molecule has 19 heavy (non-hydrogen) atoms. The average Bonchev–Trinajstić information content (AvgIpc) is 2.28. The van der Waals surface area contributed by atoms with Crippen LogP contribution in [0, 0.1) is 11.3 Å². The molecule has 5 nitrogen and oxygen atoms in total. The second kappa shape index (κ2) is 6.10. The summed E-state index contributed by atoms with van der Waals surface area (Å²) in [4.78, 5) is 11.7. The predicted octanol–water partition coefficient (Wildman–Crippen LogP) is 1.66. The van der Waals surface area contributed by atoms with Crippen molar-refractivity contribution >= 4 is 17.3 Å². The van der Waals surface area contributed by atoms with Crippen LogP contribution in [0.2, 0.25) is 0 Å².